The number of rotatable bonds is 12. The van der Waals surface area contributed by atoms with Crippen molar-refractivity contribution in [3.05, 3.63) is 131 Å². The second-order valence-electron chi connectivity index (χ2n) is 15.0. The maximum absolute atomic E-state index is 6.60. The minimum atomic E-state index is 0.408. The van der Waals surface area contributed by atoms with Gasteiger partial charge in [-0.15, -0.1) is 0 Å². The maximum atomic E-state index is 6.60. The van der Waals surface area contributed by atoms with E-state index in [2.05, 4.69) is 145 Å². The molecule has 0 saturated carbocycles. The molecule has 3 heterocycles. The Morgan fingerprint density at radius 2 is 1.38 bits per heavy atom. The zero-order chi connectivity index (χ0) is 36.5. The summed E-state index contributed by atoms with van der Waals surface area (Å²) in [6, 6.07) is 29.8. The van der Waals surface area contributed by atoms with E-state index in [0.29, 0.717) is 17.8 Å². The zero-order valence-electron chi connectivity index (χ0n) is 32.1. The highest BCUT2D eigenvalue weighted by Crippen LogP contribution is 2.43. The molecule has 0 spiro atoms. The van der Waals surface area contributed by atoms with Crippen molar-refractivity contribution in [2.45, 2.75) is 98.8 Å². The third kappa shape index (κ3) is 6.65. The normalized spacial score (nSPS) is 12.9. The molecule has 4 aromatic carbocycles. The quantitative estimate of drug-likeness (QED) is 0.128. The Balaban J connectivity index is 1.26. The lowest BCUT2D eigenvalue weighted by molar-refractivity contribution is 0.483. The molecule has 7 rings (SSSR count). The highest BCUT2D eigenvalue weighted by Gasteiger charge is 2.24. The molecular formula is C47H52N4O. The smallest absolute Gasteiger partial charge is 0.137 e. The zero-order valence-corrected chi connectivity index (χ0v) is 32.1. The summed E-state index contributed by atoms with van der Waals surface area (Å²) in [4.78, 5) is 4.82. The topological polar surface area (TPSA) is 44.9 Å². The Hall–Kier alpha value is -5.16. The van der Waals surface area contributed by atoms with E-state index in [0.717, 1.165) is 46.9 Å². The first-order valence-corrected chi connectivity index (χ1v) is 19.1. The van der Waals surface area contributed by atoms with Crippen LogP contribution in [0.25, 0.3) is 44.4 Å². The van der Waals surface area contributed by atoms with Gasteiger partial charge in [0.05, 0.1) is 22.9 Å². The standard InChI is InChI=1S/C47H52N4O/c1-9-14-31(5)45-33(7)24-34(8)46(32(6)15-10-2)47(45)36-28-49-50(29-36)37-16-13-17-38(26-37)52-39-20-21-41-40-18-11-12-19-42(40)51(43(41)27-39)44-25-35(30(3)4)22-23-48-44/h11-13,16-32H,9-10,14-15H2,1-8H3. The van der Waals surface area contributed by atoms with Gasteiger partial charge in [0.25, 0.3) is 0 Å². The van der Waals surface area contributed by atoms with E-state index in [-0.39, 0.29) is 0 Å². The van der Waals surface area contributed by atoms with Crippen LogP contribution in [0.5, 0.6) is 11.5 Å². The third-order valence-electron chi connectivity index (χ3n) is 10.8. The highest BCUT2D eigenvalue weighted by atomic mass is 16.5. The Morgan fingerprint density at radius 1 is 0.692 bits per heavy atom. The minimum Gasteiger partial charge on any atom is -0.457 e. The summed E-state index contributed by atoms with van der Waals surface area (Å²) >= 11 is 0. The van der Waals surface area contributed by atoms with Crippen molar-refractivity contribution in [2.24, 2.45) is 0 Å². The van der Waals surface area contributed by atoms with Crippen molar-refractivity contribution in [1.82, 2.24) is 19.3 Å². The average Bonchev–Trinajstić information content (AvgIpc) is 3.75. The number of hydrogen-bond donors (Lipinski definition) is 0. The summed E-state index contributed by atoms with van der Waals surface area (Å²) in [6.45, 7) is 18.4. The first-order chi connectivity index (χ1) is 25.2. The van der Waals surface area contributed by atoms with Gasteiger partial charge in [-0.1, -0.05) is 84.7 Å². The lowest BCUT2D eigenvalue weighted by Gasteiger charge is -2.26. The summed E-state index contributed by atoms with van der Waals surface area (Å²) in [6.07, 6.45) is 10.8. The number of nitrogens with zero attached hydrogens (tertiary/aromatic N) is 4. The van der Waals surface area contributed by atoms with E-state index in [1.165, 1.54) is 62.6 Å². The van der Waals surface area contributed by atoms with E-state index in [9.17, 15) is 0 Å². The van der Waals surface area contributed by atoms with Crippen molar-refractivity contribution in [2.75, 3.05) is 0 Å². The van der Waals surface area contributed by atoms with Crippen LogP contribution in [0.1, 0.15) is 113 Å². The first-order valence-electron chi connectivity index (χ1n) is 19.1. The van der Waals surface area contributed by atoms with E-state index in [4.69, 9.17) is 14.8 Å². The molecule has 0 aliphatic heterocycles. The number of benzene rings is 4. The van der Waals surface area contributed by atoms with Gasteiger partial charge in [0.1, 0.15) is 17.3 Å². The molecule has 0 aliphatic carbocycles. The third-order valence-corrected chi connectivity index (χ3v) is 10.8. The largest absolute Gasteiger partial charge is 0.457 e. The van der Waals surface area contributed by atoms with Gasteiger partial charge < -0.3 is 4.74 Å². The van der Waals surface area contributed by atoms with Crippen molar-refractivity contribution in [3.63, 3.8) is 0 Å². The summed E-state index contributed by atoms with van der Waals surface area (Å²) in [5, 5.41) is 7.31. The lowest BCUT2D eigenvalue weighted by atomic mass is 9.78. The van der Waals surface area contributed by atoms with Crippen LogP contribution in [0.3, 0.4) is 0 Å². The fourth-order valence-corrected chi connectivity index (χ4v) is 8.35. The molecule has 0 aliphatic rings. The van der Waals surface area contributed by atoms with Crippen molar-refractivity contribution < 1.29 is 4.74 Å². The molecule has 52 heavy (non-hydrogen) atoms. The SMILES string of the molecule is CCCC(C)c1c(C)cc(C)c(C(C)CCC)c1-c1cnn(-c2cccc(Oc3ccc4c5ccccc5n(-c5cc(C(C)C)ccn5)c4c3)c2)c1. The van der Waals surface area contributed by atoms with Crippen LogP contribution in [0.4, 0.5) is 0 Å². The lowest BCUT2D eigenvalue weighted by Crippen LogP contribution is -2.08. The van der Waals surface area contributed by atoms with Gasteiger partial charge in [0, 0.05) is 40.9 Å². The fraction of sp³-hybridized carbons (Fsp3) is 0.319. The number of hydrogen-bond acceptors (Lipinski definition) is 3. The number of aromatic nitrogens is 4. The molecular weight excluding hydrogens is 637 g/mol. The highest BCUT2D eigenvalue weighted by molar-refractivity contribution is 6.09. The maximum Gasteiger partial charge on any atom is 0.137 e. The number of fused-ring (bicyclic) bond motifs is 3. The van der Waals surface area contributed by atoms with Gasteiger partial charge in [0.15, 0.2) is 0 Å². The monoisotopic (exact) mass is 688 g/mol. The van der Waals surface area contributed by atoms with Crippen LogP contribution in [0.15, 0.2) is 104 Å². The molecule has 0 radical (unpaired) electrons. The number of aryl methyl sites for hydroxylation is 2. The Kier molecular flexibility index (Phi) is 10.1. The van der Waals surface area contributed by atoms with E-state index in [1.54, 1.807) is 0 Å². The molecule has 3 aromatic heterocycles. The minimum absolute atomic E-state index is 0.408. The summed E-state index contributed by atoms with van der Waals surface area (Å²) in [7, 11) is 0. The van der Waals surface area contributed by atoms with Crippen LogP contribution >= 0.6 is 0 Å². The molecule has 5 nitrogen and oxygen atoms in total. The molecule has 0 bridgehead atoms. The van der Waals surface area contributed by atoms with E-state index < -0.39 is 0 Å². The first kappa shape index (κ1) is 35.3. The summed E-state index contributed by atoms with van der Waals surface area (Å²) in [5.41, 5.74) is 12.7. The molecule has 0 fully saturated rings. The fourth-order valence-electron chi connectivity index (χ4n) is 8.35. The van der Waals surface area contributed by atoms with Crippen molar-refractivity contribution in [3.8, 4) is 34.1 Å². The Bertz CT molecular complexity index is 2320. The predicted molar refractivity (Wildman–Crippen MR) is 218 cm³/mol. The van der Waals surface area contributed by atoms with Gasteiger partial charge >= 0.3 is 0 Å². The van der Waals surface area contributed by atoms with Gasteiger partial charge in [-0.2, -0.15) is 5.10 Å². The van der Waals surface area contributed by atoms with Gasteiger partial charge in [0.2, 0.25) is 0 Å². The van der Waals surface area contributed by atoms with Crippen LogP contribution in [0, 0.1) is 13.8 Å². The number of para-hydroxylation sites is 1. The molecule has 7 aromatic rings. The van der Waals surface area contributed by atoms with Crippen LogP contribution in [-0.2, 0) is 0 Å². The number of pyridine rings is 1. The molecule has 0 saturated heterocycles. The van der Waals surface area contributed by atoms with Crippen molar-refractivity contribution in [1.29, 1.82) is 0 Å². The van der Waals surface area contributed by atoms with E-state index in [1.807, 2.05) is 23.0 Å². The molecule has 2 unspecified atom stereocenters. The Labute approximate surface area is 309 Å². The Morgan fingerprint density at radius 3 is 2.10 bits per heavy atom. The van der Waals surface area contributed by atoms with Crippen LogP contribution in [0.2, 0.25) is 0 Å². The molecule has 0 N–H and O–H groups in total. The van der Waals surface area contributed by atoms with Gasteiger partial charge in [-0.3, -0.25) is 4.57 Å². The van der Waals surface area contributed by atoms with Crippen molar-refractivity contribution >= 4 is 21.8 Å². The van der Waals surface area contributed by atoms with Gasteiger partial charge in [-0.25, -0.2) is 9.67 Å². The second-order valence-corrected chi connectivity index (χ2v) is 15.0. The van der Waals surface area contributed by atoms with E-state index >= 15 is 0 Å². The average molecular weight is 689 g/mol. The van der Waals surface area contributed by atoms with Crippen LogP contribution in [-0.4, -0.2) is 19.3 Å². The summed E-state index contributed by atoms with van der Waals surface area (Å²) < 4.78 is 10.9. The molecule has 5 heteroatoms. The van der Waals surface area contributed by atoms with Gasteiger partial charge in [-0.05, 0) is 120 Å². The second kappa shape index (κ2) is 14.8. The number of ether oxygens (including phenoxy) is 1. The predicted octanol–water partition coefficient (Wildman–Crippen LogP) is 13.4. The molecule has 0 amide bonds. The molecule has 2 atom stereocenters. The molecule has 266 valence electrons. The summed E-state index contributed by atoms with van der Waals surface area (Å²) in [5.74, 6) is 3.80. The van der Waals surface area contributed by atoms with Crippen LogP contribution < -0.4 is 4.74 Å².